The second kappa shape index (κ2) is 15.9. The van der Waals surface area contributed by atoms with Crippen LogP contribution in [0.25, 0.3) is 11.4 Å². The minimum atomic E-state index is 0.797. The van der Waals surface area contributed by atoms with Crippen LogP contribution in [0.1, 0.15) is 115 Å². The number of rotatable bonds is 17. The molecule has 1 fully saturated rings. The number of unbranched alkanes of at least 4 members (excludes halogenated alkanes) is 9. The summed E-state index contributed by atoms with van der Waals surface area (Å²) in [7, 11) is 0. The molecule has 0 saturated heterocycles. The quantitative estimate of drug-likeness (QED) is 0.226. The molecule has 1 aromatic heterocycles. The van der Waals surface area contributed by atoms with Crippen LogP contribution in [-0.4, -0.2) is 16.6 Å². The van der Waals surface area contributed by atoms with E-state index in [1.807, 2.05) is 24.5 Å². The molecule has 0 N–H and O–H groups in total. The van der Waals surface area contributed by atoms with Gasteiger partial charge in [-0.25, -0.2) is 9.97 Å². The van der Waals surface area contributed by atoms with Crippen molar-refractivity contribution in [1.82, 2.24) is 9.97 Å². The Morgan fingerprint density at radius 3 is 2.12 bits per heavy atom. The third-order valence-corrected chi connectivity index (χ3v) is 7.14. The standard InChI is InChI=1S/C30H46N2O/c1-2-3-4-5-7-11-18-27-24-31-30(32-25-27)28-19-21-29(22-20-28)33-23-14-9-6-8-10-15-26-16-12-13-17-26/h19-22,24-26H,2-18,23H2,1H3. The molecule has 3 rings (SSSR count). The van der Waals surface area contributed by atoms with Crippen molar-refractivity contribution >= 4 is 0 Å². The Labute approximate surface area is 202 Å². The maximum absolute atomic E-state index is 5.94. The summed E-state index contributed by atoms with van der Waals surface area (Å²) in [4.78, 5) is 9.18. The van der Waals surface area contributed by atoms with E-state index >= 15 is 0 Å². The van der Waals surface area contributed by atoms with Gasteiger partial charge in [-0.15, -0.1) is 0 Å². The second-order valence-electron chi connectivity index (χ2n) is 10.0. The Kier molecular flexibility index (Phi) is 12.4. The third kappa shape index (κ3) is 10.3. The fraction of sp³-hybridized carbons (Fsp3) is 0.667. The van der Waals surface area contributed by atoms with Gasteiger partial charge < -0.3 is 4.74 Å². The number of ether oxygens (including phenoxy) is 1. The van der Waals surface area contributed by atoms with Crippen LogP contribution >= 0.6 is 0 Å². The lowest BCUT2D eigenvalue weighted by Gasteiger charge is -2.09. The summed E-state index contributed by atoms with van der Waals surface area (Å²) in [6, 6.07) is 8.23. The fourth-order valence-electron chi connectivity index (χ4n) is 5.00. The predicted molar refractivity (Wildman–Crippen MR) is 140 cm³/mol. The van der Waals surface area contributed by atoms with Crippen LogP contribution in [0.15, 0.2) is 36.7 Å². The van der Waals surface area contributed by atoms with Crippen LogP contribution < -0.4 is 4.74 Å². The van der Waals surface area contributed by atoms with Gasteiger partial charge in [0.25, 0.3) is 0 Å². The minimum Gasteiger partial charge on any atom is -0.494 e. The molecule has 0 amide bonds. The summed E-state index contributed by atoms with van der Waals surface area (Å²) in [5.74, 6) is 2.79. The molecule has 0 bridgehead atoms. The van der Waals surface area contributed by atoms with Crippen molar-refractivity contribution in [2.24, 2.45) is 5.92 Å². The highest BCUT2D eigenvalue weighted by Gasteiger charge is 2.13. The molecule has 0 unspecified atom stereocenters. The Morgan fingerprint density at radius 2 is 1.39 bits per heavy atom. The number of nitrogens with zero attached hydrogens (tertiary/aromatic N) is 2. The molecule has 0 spiro atoms. The molecular formula is C30H46N2O. The molecule has 3 heteroatoms. The molecule has 33 heavy (non-hydrogen) atoms. The SMILES string of the molecule is CCCCCCCCc1cnc(-c2ccc(OCCCCCCCC3CCCC3)cc2)nc1. The molecular weight excluding hydrogens is 404 g/mol. The summed E-state index contributed by atoms with van der Waals surface area (Å²) < 4.78 is 5.94. The monoisotopic (exact) mass is 450 g/mol. The van der Waals surface area contributed by atoms with E-state index in [-0.39, 0.29) is 0 Å². The summed E-state index contributed by atoms with van der Waals surface area (Å²) in [6.07, 6.45) is 27.0. The van der Waals surface area contributed by atoms with Crippen molar-refractivity contribution in [3.05, 3.63) is 42.2 Å². The first-order chi connectivity index (χ1) is 16.3. The average molecular weight is 451 g/mol. The van der Waals surface area contributed by atoms with Crippen LogP contribution in [0.2, 0.25) is 0 Å². The maximum atomic E-state index is 5.94. The summed E-state index contributed by atoms with van der Waals surface area (Å²) in [5, 5.41) is 0. The van der Waals surface area contributed by atoms with Gasteiger partial charge in [0.1, 0.15) is 5.75 Å². The number of aryl methyl sites for hydroxylation is 1. The minimum absolute atomic E-state index is 0.797. The van der Waals surface area contributed by atoms with Gasteiger partial charge in [0.2, 0.25) is 0 Å². The van der Waals surface area contributed by atoms with Gasteiger partial charge in [-0.3, -0.25) is 0 Å². The van der Waals surface area contributed by atoms with Crippen molar-refractivity contribution in [2.45, 2.75) is 116 Å². The maximum Gasteiger partial charge on any atom is 0.159 e. The van der Waals surface area contributed by atoms with Crippen molar-refractivity contribution in [1.29, 1.82) is 0 Å². The number of aromatic nitrogens is 2. The van der Waals surface area contributed by atoms with Gasteiger partial charge in [-0.1, -0.05) is 96.8 Å². The predicted octanol–water partition coefficient (Wildman–Crippen LogP) is 8.96. The highest BCUT2D eigenvalue weighted by Crippen LogP contribution is 2.29. The van der Waals surface area contributed by atoms with Crippen molar-refractivity contribution < 1.29 is 4.74 Å². The molecule has 2 aromatic rings. The number of benzene rings is 1. The van der Waals surface area contributed by atoms with Crippen LogP contribution in [0.5, 0.6) is 5.75 Å². The van der Waals surface area contributed by atoms with E-state index in [4.69, 9.17) is 4.74 Å². The third-order valence-electron chi connectivity index (χ3n) is 7.14. The van der Waals surface area contributed by atoms with E-state index in [1.54, 1.807) is 0 Å². The molecule has 1 saturated carbocycles. The zero-order valence-corrected chi connectivity index (χ0v) is 21.1. The second-order valence-corrected chi connectivity index (χ2v) is 10.0. The first-order valence-electron chi connectivity index (χ1n) is 13.9. The van der Waals surface area contributed by atoms with Gasteiger partial charge in [-0.05, 0) is 55.0 Å². The molecule has 3 nitrogen and oxygen atoms in total. The van der Waals surface area contributed by atoms with E-state index < -0.39 is 0 Å². The topological polar surface area (TPSA) is 35.0 Å². The van der Waals surface area contributed by atoms with Crippen LogP contribution in [-0.2, 0) is 6.42 Å². The van der Waals surface area contributed by atoms with Gasteiger partial charge in [-0.2, -0.15) is 0 Å². The van der Waals surface area contributed by atoms with Crippen LogP contribution in [0, 0.1) is 5.92 Å². The van der Waals surface area contributed by atoms with Gasteiger partial charge in [0.05, 0.1) is 6.61 Å². The van der Waals surface area contributed by atoms with E-state index in [2.05, 4.69) is 29.0 Å². The lowest BCUT2D eigenvalue weighted by molar-refractivity contribution is 0.304. The largest absolute Gasteiger partial charge is 0.494 e. The summed E-state index contributed by atoms with van der Waals surface area (Å²) in [6.45, 7) is 3.07. The fourth-order valence-corrected chi connectivity index (χ4v) is 5.00. The number of hydrogen-bond donors (Lipinski definition) is 0. The van der Waals surface area contributed by atoms with Gasteiger partial charge >= 0.3 is 0 Å². The van der Waals surface area contributed by atoms with Gasteiger partial charge in [0, 0.05) is 18.0 Å². The molecule has 0 aliphatic heterocycles. The summed E-state index contributed by atoms with van der Waals surface area (Å²) in [5.41, 5.74) is 2.29. The molecule has 1 aromatic carbocycles. The first kappa shape index (κ1) is 25.7. The smallest absolute Gasteiger partial charge is 0.159 e. The average Bonchev–Trinajstić information content (AvgIpc) is 3.37. The zero-order chi connectivity index (χ0) is 23.0. The molecule has 182 valence electrons. The van der Waals surface area contributed by atoms with E-state index in [0.717, 1.165) is 42.5 Å². The first-order valence-corrected chi connectivity index (χ1v) is 13.9. The van der Waals surface area contributed by atoms with Crippen LogP contribution in [0.3, 0.4) is 0 Å². The normalized spacial score (nSPS) is 14.1. The van der Waals surface area contributed by atoms with Crippen molar-refractivity contribution in [3.63, 3.8) is 0 Å². The van der Waals surface area contributed by atoms with E-state index in [1.165, 1.54) is 102 Å². The van der Waals surface area contributed by atoms with E-state index in [0.29, 0.717) is 0 Å². The van der Waals surface area contributed by atoms with Crippen LogP contribution in [0.4, 0.5) is 0 Å². The van der Waals surface area contributed by atoms with Gasteiger partial charge in [0.15, 0.2) is 5.82 Å². The van der Waals surface area contributed by atoms with Crippen molar-refractivity contribution in [2.75, 3.05) is 6.61 Å². The summed E-state index contributed by atoms with van der Waals surface area (Å²) >= 11 is 0. The number of hydrogen-bond acceptors (Lipinski definition) is 3. The zero-order valence-electron chi connectivity index (χ0n) is 21.1. The molecule has 0 radical (unpaired) electrons. The van der Waals surface area contributed by atoms with E-state index in [9.17, 15) is 0 Å². The molecule has 1 heterocycles. The highest BCUT2D eigenvalue weighted by atomic mass is 16.5. The Hall–Kier alpha value is -1.90. The Morgan fingerprint density at radius 1 is 0.758 bits per heavy atom. The Balaban J connectivity index is 1.26. The molecule has 1 aliphatic rings. The molecule has 0 atom stereocenters. The lowest BCUT2D eigenvalue weighted by Crippen LogP contribution is -1.98. The lowest BCUT2D eigenvalue weighted by atomic mass is 9.99. The van der Waals surface area contributed by atoms with Crippen molar-refractivity contribution in [3.8, 4) is 17.1 Å². The molecule has 1 aliphatic carbocycles. The Bertz CT molecular complexity index is 735. The highest BCUT2D eigenvalue weighted by molar-refractivity contribution is 5.55.